The van der Waals surface area contributed by atoms with Gasteiger partial charge in [-0.2, -0.15) is 0 Å². The van der Waals surface area contributed by atoms with Crippen LogP contribution in [0.15, 0.2) is 41.2 Å². The number of nitrogens with zero attached hydrogens (tertiary/aromatic N) is 2. The van der Waals surface area contributed by atoms with Crippen molar-refractivity contribution in [3.8, 4) is 5.75 Å². The number of pyridine rings is 1. The Morgan fingerprint density at radius 2 is 1.80 bits per heavy atom. The lowest BCUT2D eigenvalue weighted by Crippen LogP contribution is -2.49. The molecule has 1 aromatic heterocycles. The fourth-order valence-corrected chi connectivity index (χ4v) is 4.70. The number of methoxy groups -OCH3 is 1. The number of nitrogens with one attached hydrogen (secondary N) is 1. The molecule has 0 spiro atoms. The highest BCUT2D eigenvalue weighted by molar-refractivity contribution is 5.95. The fraction of sp³-hybridized carbons (Fsp3) is 0.435. The van der Waals surface area contributed by atoms with Crippen molar-refractivity contribution < 1.29 is 14.3 Å². The maximum atomic E-state index is 13.0. The molecule has 1 aliphatic carbocycles. The summed E-state index contributed by atoms with van der Waals surface area (Å²) in [4.78, 5) is 40.0. The zero-order valence-corrected chi connectivity index (χ0v) is 17.0. The Balaban J connectivity index is 1.36. The van der Waals surface area contributed by atoms with Crippen LogP contribution in [0.3, 0.4) is 0 Å². The third-order valence-corrected chi connectivity index (χ3v) is 6.43. The molecule has 2 amide bonds. The van der Waals surface area contributed by atoms with E-state index in [2.05, 4.69) is 5.32 Å². The molecule has 5 rings (SSSR count). The Bertz CT molecular complexity index is 1060. The lowest BCUT2D eigenvalue weighted by Gasteiger charge is -2.43. The summed E-state index contributed by atoms with van der Waals surface area (Å²) in [6, 6.07) is 10.8. The molecule has 2 atom stereocenters. The molecule has 1 saturated carbocycles. The molecule has 7 nitrogen and oxygen atoms in total. The number of likely N-dealkylation sites (tertiary alicyclic amines) is 1. The van der Waals surface area contributed by atoms with Gasteiger partial charge in [-0.05, 0) is 61.6 Å². The van der Waals surface area contributed by atoms with Crippen molar-refractivity contribution >= 4 is 17.5 Å². The van der Waals surface area contributed by atoms with Gasteiger partial charge in [0.2, 0.25) is 5.91 Å². The highest BCUT2D eigenvalue weighted by Crippen LogP contribution is 2.36. The van der Waals surface area contributed by atoms with Crippen molar-refractivity contribution in [2.24, 2.45) is 11.8 Å². The molecule has 0 radical (unpaired) electrons. The number of carbonyl (C=O) groups excluding carboxylic acids is 2. The Morgan fingerprint density at radius 1 is 1.03 bits per heavy atom. The average molecular weight is 407 g/mol. The van der Waals surface area contributed by atoms with Crippen LogP contribution in [0.5, 0.6) is 5.75 Å². The summed E-state index contributed by atoms with van der Waals surface area (Å²) >= 11 is 0. The van der Waals surface area contributed by atoms with E-state index in [4.69, 9.17) is 4.74 Å². The minimum Gasteiger partial charge on any atom is -0.497 e. The zero-order chi connectivity index (χ0) is 20.8. The lowest BCUT2D eigenvalue weighted by atomic mass is 9.83. The van der Waals surface area contributed by atoms with Crippen molar-refractivity contribution in [1.82, 2.24) is 9.47 Å². The van der Waals surface area contributed by atoms with Crippen molar-refractivity contribution in [3.05, 3.63) is 58.0 Å². The maximum absolute atomic E-state index is 13.0. The molecule has 2 aromatic rings. The first-order valence-corrected chi connectivity index (χ1v) is 10.5. The van der Waals surface area contributed by atoms with E-state index in [-0.39, 0.29) is 35.1 Å². The predicted octanol–water partition coefficient (Wildman–Crippen LogP) is 2.46. The Hall–Kier alpha value is -3.09. The smallest absolute Gasteiger partial charge is 0.274 e. The minimum absolute atomic E-state index is 0.0106. The molecular weight excluding hydrogens is 382 g/mol. The Kier molecular flexibility index (Phi) is 4.60. The number of benzene rings is 1. The molecule has 7 heteroatoms. The quantitative estimate of drug-likeness (QED) is 0.844. The molecule has 30 heavy (non-hydrogen) atoms. The van der Waals surface area contributed by atoms with Gasteiger partial charge in [0.25, 0.3) is 11.5 Å². The molecule has 1 aromatic carbocycles. The molecule has 1 saturated heterocycles. The third kappa shape index (κ3) is 3.38. The molecule has 2 bridgehead atoms. The molecule has 2 aliphatic heterocycles. The third-order valence-electron chi connectivity index (χ3n) is 6.43. The van der Waals surface area contributed by atoms with Crippen molar-refractivity contribution in [3.63, 3.8) is 0 Å². The highest BCUT2D eigenvalue weighted by Gasteiger charge is 2.37. The molecular formula is C23H25N3O4. The van der Waals surface area contributed by atoms with Crippen LogP contribution in [-0.2, 0) is 11.3 Å². The standard InChI is InChI=1S/C23H25N3O4/c1-30-18-6-4-16(5-7-18)22(28)25-11-14-10-17(13-25)20-9-8-19(23(29)26(20)12-14)24-21(27)15-2-3-15/h4-9,14-15,17H,2-3,10-13H2,1H3,(H,24,27)/t14-,17-/m1/s1. The second-order valence-corrected chi connectivity index (χ2v) is 8.59. The fourth-order valence-electron chi connectivity index (χ4n) is 4.70. The van der Waals surface area contributed by atoms with Crippen LogP contribution in [0, 0.1) is 11.8 Å². The number of rotatable bonds is 4. The second kappa shape index (κ2) is 7.31. The van der Waals surface area contributed by atoms with Crippen molar-refractivity contribution in [2.75, 3.05) is 25.5 Å². The van der Waals surface area contributed by atoms with Gasteiger partial charge < -0.3 is 19.5 Å². The van der Waals surface area contributed by atoms with Crippen LogP contribution in [0.2, 0.25) is 0 Å². The SMILES string of the molecule is COc1ccc(C(=O)N2C[C@H]3C[C@H](C2)c2ccc(NC(=O)C4CC4)c(=O)n2C3)cc1. The number of hydrogen-bond donors (Lipinski definition) is 1. The molecule has 3 aliphatic rings. The van der Waals surface area contributed by atoms with Gasteiger partial charge in [-0.25, -0.2) is 0 Å². The van der Waals surface area contributed by atoms with E-state index in [0.717, 1.165) is 30.7 Å². The zero-order valence-electron chi connectivity index (χ0n) is 17.0. The monoisotopic (exact) mass is 407 g/mol. The highest BCUT2D eigenvalue weighted by atomic mass is 16.5. The topological polar surface area (TPSA) is 80.6 Å². The molecule has 2 fully saturated rings. The van der Waals surface area contributed by atoms with Crippen LogP contribution < -0.4 is 15.6 Å². The Morgan fingerprint density at radius 3 is 2.50 bits per heavy atom. The van der Waals surface area contributed by atoms with E-state index >= 15 is 0 Å². The molecule has 3 heterocycles. The van der Waals surface area contributed by atoms with E-state index in [1.165, 1.54) is 0 Å². The summed E-state index contributed by atoms with van der Waals surface area (Å²) in [7, 11) is 1.60. The van der Waals surface area contributed by atoms with Crippen LogP contribution in [0.4, 0.5) is 5.69 Å². The van der Waals surface area contributed by atoms with Crippen LogP contribution >= 0.6 is 0 Å². The summed E-state index contributed by atoms with van der Waals surface area (Å²) in [6.07, 6.45) is 2.78. The van der Waals surface area contributed by atoms with Gasteiger partial charge in [0.1, 0.15) is 11.4 Å². The number of aromatic nitrogens is 1. The van der Waals surface area contributed by atoms with E-state index in [9.17, 15) is 14.4 Å². The molecule has 0 unspecified atom stereocenters. The van der Waals surface area contributed by atoms with E-state index in [0.29, 0.717) is 30.9 Å². The largest absolute Gasteiger partial charge is 0.497 e. The maximum Gasteiger partial charge on any atom is 0.274 e. The number of carbonyl (C=O) groups is 2. The van der Waals surface area contributed by atoms with E-state index < -0.39 is 0 Å². The van der Waals surface area contributed by atoms with Gasteiger partial charge in [-0.15, -0.1) is 0 Å². The summed E-state index contributed by atoms with van der Waals surface area (Å²) < 4.78 is 6.97. The average Bonchev–Trinajstić information content (AvgIpc) is 3.61. The van der Waals surface area contributed by atoms with Gasteiger partial charge in [-0.3, -0.25) is 14.4 Å². The summed E-state index contributed by atoms with van der Waals surface area (Å²) in [6.45, 7) is 1.80. The first-order chi connectivity index (χ1) is 14.5. The summed E-state index contributed by atoms with van der Waals surface area (Å²) in [5.74, 6) is 1.09. The number of ether oxygens (including phenoxy) is 1. The van der Waals surface area contributed by atoms with Crippen molar-refractivity contribution in [2.45, 2.75) is 31.7 Å². The normalized spacial score (nSPS) is 22.2. The minimum atomic E-state index is -0.133. The second-order valence-electron chi connectivity index (χ2n) is 8.59. The summed E-state index contributed by atoms with van der Waals surface area (Å²) in [5, 5.41) is 2.80. The van der Waals surface area contributed by atoms with Crippen LogP contribution in [0.1, 0.15) is 41.2 Å². The first kappa shape index (κ1) is 18.9. The number of piperidine rings is 1. The van der Waals surface area contributed by atoms with Gasteiger partial charge in [0.15, 0.2) is 0 Å². The number of hydrogen-bond acceptors (Lipinski definition) is 4. The van der Waals surface area contributed by atoms with Crippen LogP contribution in [0.25, 0.3) is 0 Å². The molecule has 1 N–H and O–H groups in total. The van der Waals surface area contributed by atoms with E-state index in [1.54, 1.807) is 42.0 Å². The number of amides is 2. The van der Waals surface area contributed by atoms with Crippen molar-refractivity contribution in [1.29, 1.82) is 0 Å². The van der Waals surface area contributed by atoms with Gasteiger partial charge >= 0.3 is 0 Å². The van der Waals surface area contributed by atoms with Crippen LogP contribution in [-0.4, -0.2) is 41.5 Å². The molecule has 156 valence electrons. The summed E-state index contributed by atoms with van der Waals surface area (Å²) in [5.41, 5.74) is 1.83. The Labute approximate surface area is 174 Å². The van der Waals surface area contributed by atoms with E-state index in [1.807, 2.05) is 11.0 Å². The van der Waals surface area contributed by atoms with Gasteiger partial charge in [0, 0.05) is 42.7 Å². The lowest BCUT2D eigenvalue weighted by molar-refractivity contribution is -0.117. The number of fused-ring (bicyclic) bond motifs is 4. The first-order valence-electron chi connectivity index (χ1n) is 10.5. The van der Waals surface area contributed by atoms with Gasteiger partial charge in [-0.1, -0.05) is 0 Å². The van der Waals surface area contributed by atoms with Gasteiger partial charge in [0.05, 0.1) is 7.11 Å². The predicted molar refractivity (Wildman–Crippen MR) is 112 cm³/mol. The number of anilines is 1.